The summed E-state index contributed by atoms with van der Waals surface area (Å²) in [6, 6.07) is 19.1. The summed E-state index contributed by atoms with van der Waals surface area (Å²) in [6.07, 6.45) is 1.63. The molecule has 0 aliphatic rings. The van der Waals surface area contributed by atoms with Gasteiger partial charge in [0.15, 0.2) is 0 Å². The van der Waals surface area contributed by atoms with Crippen LogP contribution in [0.2, 0.25) is 0 Å². The van der Waals surface area contributed by atoms with Crippen molar-refractivity contribution >= 4 is 11.5 Å². The maximum Gasteiger partial charge on any atom is 0.350 e. The molecule has 2 rings (SSSR count). The van der Waals surface area contributed by atoms with Crippen LogP contribution in [0.5, 0.6) is 0 Å². The minimum Gasteiger partial charge on any atom is -0.496 e. The van der Waals surface area contributed by atoms with Gasteiger partial charge in [-0.25, -0.2) is 0 Å². The zero-order valence-corrected chi connectivity index (χ0v) is 10.2. The van der Waals surface area contributed by atoms with Gasteiger partial charge in [0.05, 0.1) is 18.7 Å². The van der Waals surface area contributed by atoms with E-state index in [0.717, 1.165) is 11.1 Å². The molecule has 0 spiro atoms. The molecule has 2 heteroatoms. The van der Waals surface area contributed by atoms with Crippen LogP contribution in [0, 0.1) is 0 Å². The van der Waals surface area contributed by atoms with Crippen molar-refractivity contribution in [1.29, 1.82) is 0 Å². The van der Waals surface area contributed by atoms with Crippen molar-refractivity contribution in [1.82, 2.24) is 0 Å². The summed E-state index contributed by atoms with van der Waals surface area (Å²) in [5.41, 5.74) is 1.70. The third-order valence-electron chi connectivity index (χ3n) is 2.62. The number of hydrogen-bond donors (Lipinski definition) is 0. The van der Waals surface area contributed by atoms with Crippen LogP contribution in [0.1, 0.15) is 11.1 Å². The first-order valence-corrected chi connectivity index (χ1v) is 5.73. The van der Waals surface area contributed by atoms with Crippen LogP contribution in [0.25, 0.3) is 5.76 Å². The van der Waals surface area contributed by atoms with Gasteiger partial charge in [-0.15, -0.1) is 0 Å². The quantitative estimate of drug-likeness (QED) is 0.348. The summed E-state index contributed by atoms with van der Waals surface area (Å²) in [6.45, 7) is 0. The molecule has 0 atom stereocenters. The molecule has 0 saturated heterocycles. The van der Waals surface area contributed by atoms with Crippen LogP contribution >= 0.6 is 0 Å². The van der Waals surface area contributed by atoms with Crippen LogP contribution in [-0.2, 0) is 4.74 Å². The second kappa shape index (κ2) is 5.82. The Labute approximate surface area is 107 Å². The number of ether oxygens (including phenoxy) is 1. The Morgan fingerprint density at radius 1 is 0.889 bits per heavy atom. The van der Waals surface area contributed by atoms with E-state index < -0.39 is 0 Å². The molecule has 0 heterocycles. The van der Waals surface area contributed by atoms with Crippen molar-refractivity contribution < 1.29 is 9.53 Å². The first-order chi connectivity index (χ1) is 8.81. The fraction of sp³-hybridized carbons (Fsp3) is 0.0625. The smallest absolute Gasteiger partial charge is 0.350 e. The number of methoxy groups -OCH3 is 1. The summed E-state index contributed by atoms with van der Waals surface area (Å²) in [5, 5.41) is 0. The Hall–Kier alpha value is -2.35. The van der Waals surface area contributed by atoms with Crippen LogP contribution in [0.4, 0.5) is 0 Å². The van der Waals surface area contributed by atoms with Gasteiger partial charge in [-0.2, -0.15) is 0 Å². The van der Waals surface area contributed by atoms with Gasteiger partial charge in [0, 0.05) is 5.56 Å². The Balaban J connectivity index is 2.29. The van der Waals surface area contributed by atoms with E-state index in [9.17, 15) is 4.79 Å². The number of allylic oxidation sites excluding steroid dienone is 1. The van der Waals surface area contributed by atoms with E-state index in [1.165, 1.54) is 0 Å². The van der Waals surface area contributed by atoms with Gasteiger partial charge in [-0.3, -0.25) is 4.79 Å². The molecule has 2 aromatic rings. The van der Waals surface area contributed by atoms with Crippen molar-refractivity contribution in [2.45, 2.75) is 0 Å². The van der Waals surface area contributed by atoms with Gasteiger partial charge in [0.25, 0.3) is 0 Å². The minimum atomic E-state index is 0.191. The lowest BCUT2D eigenvalue weighted by atomic mass is 10.1. The van der Waals surface area contributed by atoms with E-state index in [-0.39, 0.29) is 5.78 Å². The Bertz CT molecular complexity index is 542. The van der Waals surface area contributed by atoms with Crippen LogP contribution < -0.4 is 0 Å². The third-order valence-corrected chi connectivity index (χ3v) is 2.62. The second-order valence-corrected chi connectivity index (χ2v) is 3.83. The van der Waals surface area contributed by atoms with E-state index in [1.54, 1.807) is 13.2 Å². The molecule has 2 nitrogen and oxygen atoms in total. The lowest BCUT2D eigenvalue weighted by Crippen LogP contribution is -1.99. The molecule has 90 valence electrons. The molecule has 0 aromatic heterocycles. The molecular weight excluding hydrogens is 224 g/mol. The van der Waals surface area contributed by atoms with E-state index in [0.29, 0.717) is 5.76 Å². The van der Waals surface area contributed by atoms with Crippen molar-refractivity contribution in [2.24, 2.45) is 0 Å². The summed E-state index contributed by atoms with van der Waals surface area (Å²) in [4.78, 5) is 10.0. The molecule has 0 fully saturated rings. The highest BCUT2D eigenvalue weighted by molar-refractivity contribution is 6.08. The number of benzene rings is 2. The van der Waals surface area contributed by atoms with E-state index in [2.05, 4.69) is 0 Å². The predicted molar refractivity (Wildman–Crippen MR) is 73.9 cm³/mol. The molecule has 0 radical (unpaired) electrons. The molecule has 0 bridgehead atoms. The molecule has 0 aliphatic heterocycles. The van der Waals surface area contributed by atoms with Gasteiger partial charge < -0.3 is 4.74 Å². The first kappa shape index (κ1) is 12.1. The summed E-state index contributed by atoms with van der Waals surface area (Å²) in [7, 11) is 1.59. The van der Waals surface area contributed by atoms with Crippen molar-refractivity contribution in [3.05, 3.63) is 77.9 Å². The lowest BCUT2D eigenvalue weighted by molar-refractivity contribution is 0.370. The summed E-state index contributed by atoms with van der Waals surface area (Å²) < 4.78 is 5.31. The molecule has 0 saturated carbocycles. The maximum absolute atomic E-state index is 10.0. The van der Waals surface area contributed by atoms with Gasteiger partial charge in [0.2, 0.25) is 0 Å². The highest BCUT2D eigenvalue weighted by Gasteiger charge is 2.11. The highest BCUT2D eigenvalue weighted by atomic mass is 16.5. The Morgan fingerprint density at radius 3 is 1.89 bits per heavy atom. The predicted octanol–water partition coefficient (Wildman–Crippen LogP) is 3.27. The van der Waals surface area contributed by atoms with Crippen LogP contribution in [0.15, 0.2) is 66.7 Å². The topological polar surface area (TPSA) is 30.6 Å². The van der Waals surface area contributed by atoms with E-state index in [4.69, 9.17) is 4.74 Å². The molecule has 0 unspecified atom stereocenters. The molecule has 0 amide bonds. The first-order valence-electron chi connectivity index (χ1n) is 5.73. The summed E-state index contributed by atoms with van der Waals surface area (Å²) >= 11 is 0. The van der Waals surface area contributed by atoms with Crippen molar-refractivity contribution in [3.8, 4) is 0 Å². The number of hydrogen-bond acceptors (Lipinski definition) is 1. The molecule has 2 aromatic carbocycles. The van der Waals surface area contributed by atoms with Gasteiger partial charge in [0.1, 0.15) is 5.76 Å². The van der Waals surface area contributed by atoms with Crippen molar-refractivity contribution in [2.75, 3.05) is 7.11 Å². The number of rotatable bonds is 4. The number of carbonyl (C=O) groups excluding carboxylic acids is 1. The van der Waals surface area contributed by atoms with Crippen molar-refractivity contribution in [3.63, 3.8) is 0 Å². The molecule has 1 N–H and O–H groups in total. The summed E-state index contributed by atoms with van der Waals surface area (Å²) in [5.74, 6) is 0.827. The highest BCUT2D eigenvalue weighted by Crippen LogP contribution is 2.15. The fourth-order valence-corrected chi connectivity index (χ4v) is 1.68. The van der Waals surface area contributed by atoms with Gasteiger partial charge in [-0.05, 0) is 12.1 Å². The average molecular weight is 239 g/mol. The van der Waals surface area contributed by atoms with E-state index >= 15 is 0 Å². The van der Waals surface area contributed by atoms with Crippen LogP contribution in [0.3, 0.4) is 0 Å². The Morgan fingerprint density at radius 2 is 1.39 bits per heavy atom. The largest absolute Gasteiger partial charge is 0.496 e. The second-order valence-electron chi connectivity index (χ2n) is 3.83. The standard InChI is InChI=1S/C16H14O2/c1-18-16(14-10-6-3-7-11-14)12-15(17)13-8-4-2-5-9-13/h2-12H,1H3/p+1/b16-12-. The van der Waals surface area contributed by atoms with Gasteiger partial charge in [-0.1, -0.05) is 48.5 Å². The number of ketones is 1. The Kier molecular flexibility index (Phi) is 3.92. The fourth-order valence-electron chi connectivity index (χ4n) is 1.68. The van der Waals surface area contributed by atoms with E-state index in [1.807, 2.05) is 60.7 Å². The molecule has 0 aliphatic carbocycles. The minimum absolute atomic E-state index is 0.191. The van der Waals surface area contributed by atoms with Crippen LogP contribution in [-0.4, -0.2) is 17.7 Å². The third kappa shape index (κ3) is 2.86. The average Bonchev–Trinajstić information content (AvgIpc) is 2.46. The normalized spacial score (nSPS) is 11.1. The lowest BCUT2D eigenvalue weighted by Gasteiger charge is -2.04. The zero-order valence-electron chi connectivity index (χ0n) is 10.2. The zero-order chi connectivity index (χ0) is 12.8. The maximum atomic E-state index is 10.0. The monoisotopic (exact) mass is 239 g/mol. The molecular formula is C16H15O2+. The SMILES string of the molecule is CO/C(=C\C(=[OH+])c1ccccc1)c1ccccc1. The van der Waals surface area contributed by atoms with Gasteiger partial charge >= 0.3 is 5.78 Å². The molecule has 18 heavy (non-hydrogen) atoms.